The zero-order chi connectivity index (χ0) is 13.7. The van der Waals surface area contributed by atoms with E-state index in [1.807, 2.05) is 0 Å². The molecular formula is C15H21N3O. The number of benzene rings is 1. The predicted molar refractivity (Wildman–Crippen MR) is 75.0 cm³/mol. The Bertz CT molecular complexity index is 522. The Labute approximate surface area is 114 Å². The van der Waals surface area contributed by atoms with Gasteiger partial charge in [-0.15, -0.1) is 0 Å². The highest BCUT2D eigenvalue weighted by Gasteiger charge is 2.14. The summed E-state index contributed by atoms with van der Waals surface area (Å²) in [7, 11) is 0. The van der Waals surface area contributed by atoms with Gasteiger partial charge in [-0.2, -0.15) is 4.98 Å². The number of aryl methyl sites for hydroxylation is 1. The van der Waals surface area contributed by atoms with Crippen LogP contribution in [0.5, 0.6) is 0 Å². The average Bonchev–Trinajstić information content (AvgIpc) is 2.84. The van der Waals surface area contributed by atoms with E-state index in [2.05, 4.69) is 48.3 Å². The summed E-state index contributed by atoms with van der Waals surface area (Å²) in [5.41, 5.74) is 7.97. The van der Waals surface area contributed by atoms with Crippen LogP contribution in [0.1, 0.15) is 48.5 Å². The fourth-order valence-corrected chi connectivity index (χ4v) is 2.09. The van der Waals surface area contributed by atoms with Gasteiger partial charge >= 0.3 is 0 Å². The number of nitrogens with zero attached hydrogens (tertiary/aromatic N) is 2. The number of hydrogen-bond donors (Lipinski definition) is 1. The summed E-state index contributed by atoms with van der Waals surface area (Å²) in [4.78, 5) is 4.47. The van der Waals surface area contributed by atoms with Crippen LogP contribution in [0.25, 0.3) is 0 Å². The molecule has 0 saturated heterocycles. The fraction of sp³-hybridized carbons (Fsp3) is 0.467. The molecule has 4 nitrogen and oxygen atoms in total. The van der Waals surface area contributed by atoms with Crippen LogP contribution in [-0.4, -0.2) is 16.7 Å². The number of hydrogen-bond acceptors (Lipinski definition) is 4. The van der Waals surface area contributed by atoms with E-state index in [0.29, 0.717) is 6.54 Å². The van der Waals surface area contributed by atoms with Crippen molar-refractivity contribution in [2.75, 3.05) is 6.54 Å². The third-order valence-corrected chi connectivity index (χ3v) is 3.19. The molecular weight excluding hydrogens is 238 g/mol. The molecule has 1 aromatic carbocycles. The van der Waals surface area contributed by atoms with Crippen LogP contribution in [0.2, 0.25) is 0 Å². The standard InChI is InChI=1S/C15H21N3O/c1-11-5-3-7-13(9-11)10-14-17-15(19-18-14)12(2)6-4-8-16/h3,5,7,9,12H,4,6,8,10,16H2,1-2H3. The zero-order valence-electron chi connectivity index (χ0n) is 11.6. The van der Waals surface area contributed by atoms with E-state index in [1.54, 1.807) is 0 Å². The molecule has 0 aliphatic heterocycles. The van der Waals surface area contributed by atoms with Crippen LogP contribution < -0.4 is 5.73 Å². The molecule has 2 rings (SSSR count). The quantitative estimate of drug-likeness (QED) is 0.866. The van der Waals surface area contributed by atoms with Gasteiger partial charge in [0.2, 0.25) is 5.89 Å². The molecule has 0 spiro atoms. The van der Waals surface area contributed by atoms with Crippen LogP contribution in [-0.2, 0) is 6.42 Å². The van der Waals surface area contributed by atoms with Crippen molar-refractivity contribution < 1.29 is 4.52 Å². The van der Waals surface area contributed by atoms with Crippen molar-refractivity contribution >= 4 is 0 Å². The third kappa shape index (κ3) is 3.89. The molecule has 0 radical (unpaired) electrons. The van der Waals surface area contributed by atoms with Gasteiger partial charge in [-0.1, -0.05) is 41.9 Å². The van der Waals surface area contributed by atoms with Crippen LogP contribution in [0, 0.1) is 6.92 Å². The van der Waals surface area contributed by atoms with Crippen molar-refractivity contribution in [2.24, 2.45) is 5.73 Å². The van der Waals surface area contributed by atoms with Gasteiger partial charge in [-0.3, -0.25) is 0 Å². The predicted octanol–water partition coefficient (Wildman–Crippen LogP) is 2.81. The lowest BCUT2D eigenvalue weighted by Crippen LogP contribution is -2.02. The lowest BCUT2D eigenvalue weighted by atomic mass is 10.1. The first-order valence-corrected chi connectivity index (χ1v) is 6.77. The number of nitrogens with two attached hydrogens (primary N) is 1. The van der Waals surface area contributed by atoms with Gasteiger partial charge < -0.3 is 10.3 Å². The molecule has 1 unspecified atom stereocenters. The second-order valence-corrected chi connectivity index (χ2v) is 5.05. The summed E-state index contributed by atoms with van der Waals surface area (Å²) in [5.74, 6) is 1.75. The lowest BCUT2D eigenvalue weighted by molar-refractivity contribution is 0.349. The molecule has 0 amide bonds. The van der Waals surface area contributed by atoms with E-state index in [9.17, 15) is 0 Å². The molecule has 0 aliphatic carbocycles. The third-order valence-electron chi connectivity index (χ3n) is 3.19. The SMILES string of the molecule is Cc1cccc(Cc2noc(C(C)CCCN)n2)c1. The minimum absolute atomic E-state index is 0.280. The Kier molecular flexibility index (Phi) is 4.68. The van der Waals surface area contributed by atoms with E-state index < -0.39 is 0 Å². The summed E-state index contributed by atoms with van der Waals surface area (Å²) in [5, 5.41) is 4.05. The number of aromatic nitrogens is 2. The van der Waals surface area contributed by atoms with Crippen molar-refractivity contribution in [3.05, 3.63) is 47.1 Å². The van der Waals surface area contributed by atoms with Gasteiger partial charge in [0.15, 0.2) is 5.82 Å². The van der Waals surface area contributed by atoms with Crippen molar-refractivity contribution in [2.45, 2.75) is 39.0 Å². The van der Waals surface area contributed by atoms with Gasteiger partial charge in [0, 0.05) is 12.3 Å². The van der Waals surface area contributed by atoms with E-state index in [0.717, 1.165) is 31.0 Å². The first-order chi connectivity index (χ1) is 9.19. The highest BCUT2D eigenvalue weighted by Crippen LogP contribution is 2.19. The summed E-state index contributed by atoms with van der Waals surface area (Å²) in [6.45, 7) is 4.88. The molecule has 2 aromatic rings. The second kappa shape index (κ2) is 6.48. The molecule has 1 heterocycles. The molecule has 19 heavy (non-hydrogen) atoms. The molecule has 0 bridgehead atoms. The smallest absolute Gasteiger partial charge is 0.229 e. The molecule has 0 aliphatic rings. The van der Waals surface area contributed by atoms with E-state index >= 15 is 0 Å². The van der Waals surface area contributed by atoms with Crippen molar-refractivity contribution in [3.8, 4) is 0 Å². The van der Waals surface area contributed by atoms with Gasteiger partial charge in [0.1, 0.15) is 0 Å². The first kappa shape index (κ1) is 13.7. The minimum Gasteiger partial charge on any atom is -0.339 e. The summed E-state index contributed by atoms with van der Waals surface area (Å²) in [6, 6.07) is 8.37. The Hall–Kier alpha value is -1.68. The van der Waals surface area contributed by atoms with Crippen LogP contribution >= 0.6 is 0 Å². The molecule has 0 saturated carbocycles. The van der Waals surface area contributed by atoms with Gasteiger partial charge in [0.05, 0.1) is 0 Å². The highest BCUT2D eigenvalue weighted by molar-refractivity contribution is 5.24. The van der Waals surface area contributed by atoms with Gasteiger partial charge in [-0.05, 0) is 31.9 Å². The summed E-state index contributed by atoms with van der Waals surface area (Å²) in [6.07, 6.45) is 2.69. The maximum absolute atomic E-state index is 5.51. The Morgan fingerprint density at radius 2 is 2.21 bits per heavy atom. The lowest BCUT2D eigenvalue weighted by Gasteiger charge is -2.03. The van der Waals surface area contributed by atoms with E-state index in [1.165, 1.54) is 11.1 Å². The highest BCUT2D eigenvalue weighted by atomic mass is 16.5. The van der Waals surface area contributed by atoms with Crippen LogP contribution in [0.15, 0.2) is 28.8 Å². The first-order valence-electron chi connectivity index (χ1n) is 6.77. The molecule has 0 fully saturated rings. The molecule has 1 atom stereocenters. The average molecular weight is 259 g/mol. The normalized spacial score (nSPS) is 12.6. The minimum atomic E-state index is 0.280. The van der Waals surface area contributed by atoms with Gasteiger partial charge in [0.25, 0.3) is 0 Å². The number of rotatable bonds is 6. The fourth-order valence-electron chi connectivity index (χ4n) is 2.09. The Morgan fingerprint density at radius 3 is 2.95 bits per heavy atom. The van der Waals surface area contributed by atoms with Crippen molar-refractivity contribution in [1.29, 1.82) is 0 Å². The van der Waals surface area contributed by atoms with Crippen LogP contribution in [0.3, 0.4) is 0 Å². The van der Waals surface area contributed by atoms with E-state index in [4.69, 9.17) is 10.3 Å². The topological polar surface area (TPSA) is 64.9 Å². The molecule has 4 heteroatoms. The van der Waals surface area contributed by atoms with Crippen LogP contribution in [0.4, 0.5) is 0 Å². The zero-order valence-corrected chi connectivity index (χ0v) is 11.6. The van der Waals surface area contributed by atoms with Gasteiger partial charge in [-0.25, -0.2) is 0 Å². The van der Waals surface area contributed by atoms with E-state index in [-0.39, 0.29) is 5.92 Å². The van der Waals surface area contributed by atoms with Crippen molar-refractivity contribution in [1.82, 2.24) is 10.1 Å². The second-order valence-electron chi connectivity index (χ2n) is 5.05. The molecule has 102 valence electrons. The van der Waals surface area contributed by atoms with Crippen molar-refractivity contribution in [3.63, 3.8) is 0 Å². The molecule has 1 aromatic heterocycles. The Morgan fingerprint density at radius 1 is 1.37 bits per heavy atom. The Balaban J connectivity index is 2.01. The molecule has 2 N–H and O–H groups in total. The maximum Gasteiger partial charge on any atom is 0.229 e. The maximum atomic E-state index is 5.51. The summed E-state index contributed by atoms with van der Waals surface area (Å²) >= 11 is 0. The summed E-state index contributed by atoms with van der Waals surface area (Å²) < 4.78 is 5.32. The monoisotopic (exact) mass is 259 g/mol. The largest absolute Gasteiger partial charge is 0.339 e.